The zero-order valence-electron chi connectivity index (χ0n) is 6.92. The normalized spacial score (nSPS) is 13.4. The Balaban J connectivity index is 3.03. The topological polar surface area (TPSA) is 44.0 Å². The minimum atomic E-state index is -4.70. The molecule has 0 aliphatic carbocycles. The van der Waals surface area contributed by atoms with E-state index in [1.165, 1.54) is 12.1 Å². The summed E-state index contributed by atoms with van der Waals surface area (Å²) in [6, 6.07) is 6.49. The average Bonchev–Trinajstić information content (AvgIpc) is 2.15. The number of hydrogen-bond acceptors (Lipinski definition) is 2. The van der Waals surface area contributed by atoms with Crippen LogP contribution in [0.15, 0.2) is 24.3 Å². The lowest BCUT2D eigenvalue weighted by atomic mass is 10.1. The average molecular weight is 201 g/mol. The first-order valence-corrected chi connectivity index (χ1v) is 3.70. The number of hydrogen-bond donors (Lipinski definition) is 1. The predicted octanol–water partition coefficient (Wildman–Crippen LogP) is 2.15. The molecule has 0 aliphatic rings. The molecule has 1 aromatic carbocycles. The van der Waals surface area contributed by atoms with Crippen molar-refractivity contribution in [3.63, 3.8) is 0 Å². The third-order valence-corrected chi connectivity index (χ3v) is 1.64. The first-order valence-electron chi connectivity index (χ1n) is 3.70. The second-order valence-corrected chi connectivity index (χ2v) is 2.68. The van der Waals surface area contributed by atoms with Gasteiger partial charge in [0.25, 0.3) is 0 Å². The van der Waals surface area contributed by atoms with Crippen molar-refractivity contribution in [2.24, 2.45) is 0 Å². The molecule has 1 aromatic rings. The van der Waals surface area contributed by atoms with Crippen molar-refractivity contribution >= 4 is 0 Å². The Bertz CT molecular complexity index is 367. The minimum Gasteiger partial charge on any atom is -0.379 e. The Hall–Kier alpha value is -1.54. The molecule has 0 bridgehead atoms. The second kappa shape index (κ2) is 3.68. The number of benzene rings is 1. The van der Waals surface area contributed by atoms with E-state index in [4.69, 9.17) is 10.4 Å². The Morgan fingerprint density at radius 2 is 2.00 bits per heavy atom. The number of rotatable bonds is 1. The van der Waals surface area contributed by atoms with Crippen LogP contribution in [-0.4, -0.2) is 11.3 Å². The highest BCUT2D eigenvalue weighted by molar-refractivity contribution is 5.34. The van der Waals surface area contributed by atoms with Gasteiger partial charge in [-0.2, -0.15) is 18.4 Å². The summed E-state index contributed by atoms with van der Waals surface area (Å²) < 4.78 is 36.1. The standard InChI is InChI=1S/C9H6F3NO/c10-9(11,12)8(14)7-3-1-2-6(4-7)5-13/h1-4,8,14H/t8-/m0/s1. The molecular formula is C9H6F3NO. The Morgan fingerprint density at radius 3 is 2.50 bits per heavy atom. The molecule has 14 heavy (non-hydrogen) atoms. The van der Waals surface area contributed by atoms with Crippen LogP contribution in [0.25, 0.3) is 0 Å². The van der Waals surface area contributed by atoms with E-state index in [1.54, 1.807) is 6.07 Å². The lowest BCUT2D eigenvalue weighted by Crippen LogP contribution is -2.20. The van der Waals surface area contributed by atoms with Gasteiger partial charge in [-0.25, -0.2) is 0 Å². The molecule has 0 unspecified atom stereocenters. The molecule has 0 saturated heterocycles. The van der Waals surface area contributed by atoms with E-state index in [1.807, 2.05) is 0 Å². The lowest BCUT2D eigenvalue weighted by Gasteiger charge is -2.14. The number of halogens is 3. The maximum absolute atomic E-state index is 12.0. The van der Waals surface area contributed by atoms with Gasteiger partial charge in [0.1, 0.15) is 0 Å². The molecule has 0 aliphatic heterocycles. The summed E-state index contributed by atoms with van der Waals surface area (Å²) in [5, 5.41) is 17.3. The zero-order valence-corrected chi connectivity index (χ0v) is 6.92. The largest absolute Gasteiger partial charge is 0.418 e. The number of nitriles is 1. The van der Waals surface area contributed by atoms with Gasteiger partial charge in [0.05, 0.1) is 11.6 Å². The molecule has 0 saturated carbocycles. The van der Waals surface area contributed by atoms with Crippen LogP contribution >= 0.6 is 0 Å². The predicted molar refractivity (Wildman–Crippen MR) is 42.2 cm³/mol. The van der Waals surface area contributed by atoms with Crippen LogP contribution in [0.4, 0.5) is 13.2 Å². The van der Waals surface area contributed by atoms with E-state index in [0.29, 0.717) is 0 Å². The Kier molecular flexibility index (Phi) is 2.77. The molecule has 1 N–H and O–H groups in total. The SMILES string of the molecule is N#Cc1cccc([C@H](O)C(F)(F)F)c1. The molecule has 1 rings (SSSR count). The number of nitrogens with zero attached hydrogens (tertiary/aromatic N) is 1. The van der Waals surface area contributed by atoms with E-state index in [2.05, 4.69) is 0 Å². The molecular weight excluding hydrogens is 195 g/mol. The van der Waals surface area contributed by atoms with Gasteiger partial charge in [-0.05, 0) is 17.7 Å². The first kappa shape index (κ1) is 10.5. The molecule has 74 valence electrons. The third-order valence-electron chi connectivity index (χ3n) is 1.64. The molecule has 1 atom stereocenters. The maximum Gasteiger partial charge on any atom is 0.418 e. The van der Waals surface area contributed by atoms with Crippen LogP contribution in [0.2, 0.25) is 0 Å². The van der Waals surface area contributed by atoms with Crippen molar-refractivity contribution in [1.82, 2.24) is 0 Å². The monoisotopic (exact) mass is 201 g/mol. The Labute approximate surface area is 78.2 Å². The smallest absolute Gasteiger partial charge is 0.379 e. The van der Waals surface area contributed by atoms with Crippen LogP contribution in [0, 0.1) is 11.3 Å². The van der Waals surface area contributed by atoms with Gasteiger partial charge in [0.2, 0.25) is 0 Å². The van der Waals surface area contributed by atoms with Gasteiger partial charge >= 0.3 is 6.18 Å². The molecule has 0 radical (unpaired) electrons. The first-order chi connectivity index (χ1) is 6.45. The minimum absolute atomic E-state index is 0.0887. The summed E-state index contributed by atoms with van der Waals surface area (Å²) in [6.07, 6.45) is -7.23. The summed E-state index contributed by atoms with van der Waals surface area (Å²) in [4.78, 5) is 0. The van der Waals surface area contributed by atoms with E-state index in [9.17, 15) is 13.2 Å². The van der Waals surface area contributed by atoms with Crippen molar-refractivity contribution in [2.75, 3.05) is 0 Å². The van der Waals surface area contributed by atoms with Gasteiger partial charge in [-0.1, -0.05) is 12.1 Å². The summed E-state index contributed by atoms with van der Waals surface area (Å²) in [6.45, 7) is 0. The number of alkyl halides is 3. The van der Waals surface area contributed by atoms with Gasteiger partial charge in [-0.3, -0.25) is 0 Å². The van der Waals surface area contributed by atoms with Gasteiger partial charge in [0, 0.05) is 0 Å². The molecule has 0 fully saturated rings. The second-order valence-electron chi connectivity index (χ2n) is 2.68. The highest BCUT2D eigenvalue weighted by atomic mass is 19.4. The van der Waals surface area contributed by atoms with E-state index < -0.39 is 12.3 Å². The fourth-order valence-electron chi connectivity index (χ4n) is 0.967. The molecule has 0 aromatic heterocycles. The van der Waals surface area contributed by atoms with Gasteiger partial charge in [-0.15, -0.1) is 0 Å². The van der Waals surface area contributed by atoms with E-state index in [0.717, 1.165) is 12.1 Å². The molecule has 2 nitrogen and oxygen atoms in total. The van der Waals surface area contributed by atoms with Crippen molar-refractivity contribution in [2.45, 2.75) is 12.3 Å². The van der Waals surface area contributed by atoms with Crippen molar-refractivity contribution < 1.29 is 18.3 Å². The molecule has 5 heteroatoms. The fraction of sp³-hybridized carbons (Fsp3) is 0.222. The number of aliphatic hydroxyl groups excluding tert-OH is 1. The van der Waals surface area contributed by atoms with E-state index >= 15 is 0 Å². The quantitative estimate of drug-likeness (QED) is 0.756. The van der Waals surface area contributed by atoms with E-state index in [-0.39, 0.29) is 11.1 Å². The highest BCUT2D eigenvalue weighted by Gasteiger charge is 2.39. The van der Waals surface area contributed by atoms with Crippen LogP contribution in [-0.2, 0) is 0 Å². The van der Waals surface area contributed by atoms with Crippen LogP contribution in [0.1, 0.15) is 17.2 Å². The summed E-state index contributed by atoms with van der Waals surface area (Å²) in [5.74, 6) is 0. The van der Waals surface area contributed by atoms with Crippen molar-refractivity contribution in [3.8, 4) is 6.07 Å². The fourth-order valence-corrected chi connectivity index (χ4v) is 0.967. The van der Waals surface area contributed by atoms with Gasteiger partial charge in [0.15, 0.2) is 6.10 Å². The maximum atomic E-state index is 12.0. The Morgan fingerprint density at radius 1 is 1.36 bits per heavy atom. The van der Waals surface area contributed by atoms with Crippen LogP contribution in [0.5, 0.6) is 0 Å². The van der Waals surface area contributed by atoms with Crippen LogP contribution < -0.4 is 0 Å². The van der Waals surface area contributed by atoms with Crippen LogP contribution in [0.3, 0.4) is 0 Å². The lowest BCUT2D eigenvalue weighted by molar-refractivity contribution is -0.206. The summed E-state index contributed by atoms with van der Waals surface area (Å²) in [5.41, 5.74) is -0.234. The van der Waals surface area contributed by atoms with Crippen molar-refractivity contribution in [3.05, 3.63) is 35.4 Å². The summed E-state index contributed by atoms with van der Waals surface area (Å²) >= 11 is 0. The molecule has 0 heterocycles. The highest BCUT2D eigenvalue weighted by Crippen LogP contribution is 2.32. The zero-order chi connectivity index (χ0) is 10.8. The molecule has 0 spiro atoms. The third kappa shape index (κ3) is 2.24. The number of aliphatic hydroxyl groups is 1. The molecule has 0 amide bonds. The van der Waals surface area contributed by atoms with Crippen molar-refractivity contribution in [1.29, 1.82) is 5.26 Å². The van der Waals surface area contributed by atoms with Gasteiger partial charge < -0.3 is 5.11 Å². The summed E-state index contributed by atoms with van der Waals surface area (Å²) in [7, 11) is 0.